The first-order chi connectivity index (χ1) is 10.4. The lowest BCUT2D eigenvalue weighted by molar-refractivity contribution is 0.00578. The van der Waals surface area contributed by atoms with E-state index in [1.807, 2.05) is 30.2 Å². The minimum Gasteiger partial charge on any atom is -0.399 e. The highest BCUT2D eigenvalue weighted by molar-refractivity contribution is 14.2. The molecule has 1 aliphatic heterocycles. The van der Waals surface area contributed by atoms with Crippen molar-refractivity contribution in [3.8, 4) is 0 Å². The molecule has 0 radical (unpaired) electrons. The first-order valence-electron chi connectivity index (χ1n) is 7.31. The second-order valence-corrected chi connectivity index (χ2v) is 7.54. The first-order valence-corrected chi connectivity index (χ1v) is 10.6. The summed E-state index contributed by atoms with van der Waals surface area (Å²) in [5.41, 5.74) is 1.16. The third-order valence-corrected chi connectivity index (χ3v) is 5.75. The van der Waals surface area contributed by atoms with Gasteiger partial charge in [-0.05, 0) is 27.7 Å². The quantitative estimate of drug-likeness (QED) is 0.536. The molecule has 3 heterocycles. The van der Waals surface area contributed by atoms with Gasteiger partial charge in [-0.15, -0.1) is 0 Å². The molecule has 0 aliphatic carbocycles. The van der Waals surface area contributed by atoms with Crippen LogP contribution in [-0.4, -0.2) is 32.3 Å². The van der Waals surface area contributed by atoms with Crippen LogP contribution in [0.25, 0.3) is 11.0 Å². The second-order valence-electron chi connectivity index (χ2n) is 5.83. The van der Waals surface area contributed by atoms with Crippen molar-refractivity contribution in [2.45, 2.75) is 52.7 Å². The average Bonchev–Trinajstić information content (AvgIpc) is 2.96. The molecule has 2 aromatic heterocycles. The third kappa shape index (κ3) is 3.02. The summed E-state index contributed by atoms with van der Waals surface area (Å²) >= 11 is 2.23. The van der Waals surface area contributed by atoms with Gasteiger partial charge in [-0.2, -0.15) is 0 Å². The van der Waals surface area contributed by atoms with Gasteiger partial charge < -0.3 is 9.31 Å². The molecule has 0 unspecified atom stereocenters. The van der Waals surface area contributed by atoms with Crippen molar-refractivity contribution in [3.05, 3.63) is 18.7 Å². The maximum atomic E-state index is 6.11. The predicted octanol–water partition coefficient (Wildman–Crippen LogP) is 3.60. The normalized spacial score (nSPS) is 19.1. The van der Waals surface area contributed by atoms with Gasteiger partial charge in [0.2, 0.25) is 0 Å². The molecule has 1 aliphatic rings. The van der Waals surface area contributed by atoms with E-state index in [1.165, 1.54) is 0 Å². The molecule has 0 saturated carbocycles. The highest BCUT2D eigenvalue weighted by atomic mass is 127. The van der Waals surface area contributed by atoms with E-state index in [4.69, 9.17) is 9.31 Å². The lowest BCUT2D eigenvalue weighted by Gasteiger charge is -2.32. The molecule has 5 nitrogen and oxygen atoms in total. The van der Waals surface area contributed by atoms with Gasteiger partial charge in [-0.1, -0.05) is 13.8 Å². The van der Waals surface area contributed by atoms with Crippen molar-refractivity contribution in [2.75, 3.05) is 0 Å². The smallest absolute Gasteiger partial charge is 0.399 e. The van der Waals surface area contributed by atoms with Crippen LogP contribution in [0.2, 0.25) is 0 Å². The van der Waals surface area contributed by atoms with Crippen LogP contribution in [-0.2, 0) is 9.31 Å². The average molecular weight is 433 g/mol. The molecule has 0 spiro atoms. The number of halogens is 1. The van der Waals surface area contributed by atoms with Gasteiger partial charge in [0.15, 0.2) is 5.65 Å². The molecule has 3 rings (SSSR count). The third-order valence-electron chi connectivity index (χ3n) is 4.05. The Morgan fingerprint density at radius 2 is 1.77 bits per heavy atom. The number of nitrogens with zero attached hydrogens (tertiary/aromatic N) is 3. The zero-order valence-electron chi connectivity index (χ0n) is 13.8. The van der Waals surface area contributed by atoms with Crippen molar-refractivity contribution in [2.24, 2.45) is 0 Å². The molecule has 22 heavy (non-hydrogen) atoms. The van der Waals surface area contributed by atoms with Gasteiger partial charge >= 0.3 is 7.12 Å². The fraction of sp³-hybridized carbons (Fsp3) is 0.571. The zero-order valence-corrected chi connectivity index (χ0v) is 16.7. The topological polar surface area (TPSA) is 49.2 Å². The monoisotopic (exact) mass is 433 g/mol. The van der Waals surface area contributed by atoms with E-state index in [9.17, 15) is 0 Å². The van der Waals surface area contributed by atoms with E-state index < -0.39 is 7.12 Å². The number of hydrogen-bond donors (Lipinski definition) is 0. The Balaban J connectivity index is 0.000000847. The molecule has 2 aromatic rings. The van der Waals surface area contributed by atoms with E-state index in [1.54, 1.807) is 15.4 Å². The number of hydrogen-bond acceptors (Lipinski definition) is 5. The SMILES string of the molecule is CC.CC1(C)OB(c2cn(SI)c3ncncc23)OC1(C)C. The molecular weight excluding hydrogens is 412 g/mol. The Morgan fingerprint density at radius 1 is 1.18 bits per heavy atom. The Bertz CT molecular complexity index is 647. The highest BCUT2D eigenvalue weighted by Gasteiger charge is 2.52. The Morgan fingerprint density at radius 3 is 2.32 bits per heavy atom. The van der Waals surface area contributed by atoms with Crippen LogP contribution in [0.15, 0.2) is 18.7 Å². The van der Waals surface area contributed by atoms with Crippen molar-refractivity contribution in [1.82, 2.24) is 13.9 Å². The summed E-state index contributed by atoms with van der Waals surface area (Å²) in [7, 11) is 1.17. The van der Waals surface area contributed by atoms with Crippen LogP contribution in [0, 0.1) is 0 Å². The Labute approximate surface area is 148 Å². The predicted molar refractivity (Wildman–Crippen MR) is 102 cm³/mol. The van der Waals surface area contributed by atoms with Crippen LogP contribution in [0.5, 0.6) is 0 Å². The summed E-state index contributed by atoms with van der Waals surface area (Å²) in [5.74, 6) is 0. The lowest BCUT2D eigenvalue weighted by Crippen LogP contribution is -2.41. The Hall–Kier alpha value is -0.315. The van der Waals surface area contributed by atoms with E-state index in [2.05, 4.69) is 58.9 Å². The van der Waals surface area contributed by atoms with Gasteiger partial charge in [-0.3, -0.25) is 3.97 Å². The maximum Gasteiger partial charge on any atom is 0.497 e. The van der Waals surface area contributed by atoms with Crippen molar-refractivity contribution in [1.29, 1.82) is 0 Å². The summed E-state index contributed by atoms with van der Waals surface area (Å²) < 4.78 is 14.2. The highest BCUT2D eigenvalue weighted by Crippen LogP contribution is 2.37. The number of rotatable bonds is 2. The summed E-state index contributed by atoms with van der Waals surface area (Å²) in [6.45, 7) is 12.2. The molecule has 0 aromatic carbocycles. The van der Waals surface area contributed by atoms with Crippen molar-refractivity contribution >= 4 is 53.9 Å². The van der Waals surface area contributed by atoms with Crippen LogP contribution in [0.1, 0.15) is 41.5 Å². The lowest BCUT2D eigenvalue weighted by atomic mass is 9.79. The van der Waals surface area contributed by atoms with E-state index in [0.717, 1.165) is 16.5 Å². The summed E-state index contributed by atoms with van der Waals surface area (Å²) in [5, 5.41) is 0.968. The molecule has 0 atom stereocenters. The van der Waals surface area contributed by atoms with Crippen LogP contribution in [0.4, 0.5) is 0 Å². The molecule has 1 fully saturated rings. The van der Waals surface area contributed by atoms with Crippen molar-refractivity contribution in [3.63, 3.8) is 0 Å². The molecule has 0 bridgehead atoms. The Kier molecular flexibility index (Phi) is 5.46. The van der Waals surface area contributed by atoms with E-state index in [0.29, 0.717) is 0 Å². The molecule has 120 valence electrons. The van der Waals surface area contributed by atoms with Crippen LogP contribution < -0.4 is 5.46 Å². The first kappa shape index (κ1) is 18.0. The number of fused-ring (bicyclic) bond motifs is 1. The molecule has 8 heteroatoms. The van der Waals surface area contributed by atoms with Gasteiger partial charge in [-0.25, -0.2) is 9.97 Å². The van der Waals surface area contributed by atoms with Crippen molar-refractivity contribution < 1.29 is 9.31 Å². The summed E-state index contributed by atoms with van der Waals surface area (Å²) in [6.07, 6.45) is 5.38. The molecule has 0 N–H and O–H groups in total. The fourth-order valence-corrected chi connectivity index (χ4v) is 3.43. The summed E-state index contributed by atoms with van der Waals surface area (Å²) in [4.78, 5) is 8.45. The number of aromatic nitrogens is 3. The molecular formula is C14H21BIN3O2S. The largest absolute Gasteiger partial charge is 0.497 e. The molecule has 1 saturated heterocycles. The molecule has 0 amide bonds. The fourth-order valence-electron chi connectivity index (χ4n) is 2.17. The van der Waals surface area contributed by atoms with E-state index >= 15 is 0 Å². The minimum absolute atomic E-state index is 0.348. The van der Waals surface area contributed by atoms with Crippen LogP contribution >= 0.6 is 30.3 Å². The van der Waals surface area contributed by atoms with Gasteiger partial charge in [0, 0.05) is 53.6 Å². The standard InChI is InChI=1S/C12H15BIN3O2S.C2H6/c1-11(2)12(3,4)19-13(18-11)9-6-17(20-14)10-8(9)5-15-7-16-10;1-2/h5-7H,1-4H3;1-2H3. The maximum absolute atomic E-state index is 6.11. The summed E-state index contributed by atoms with van der Waals surface area (Å²) in [6, 6.07) is 0. The van der Waals surface area contributed by atoms with Gasteiger partial charge in [0.25, 0.3) is 0 Å². The minimum atomic E-state index is -0.390. The van der Waals surface area contributed by atoms with Gasteiger partial charge in [0.05, 0.1) is 11.2 Å². The van der Waals surface area contributed by atoms with Crippen LogP contribution in [0.3, 0.4) is 0 Å². The van der Waals surface area contributed by atoms with Gasteiger partial charge in [0.1, 0.15) is 6.33 Å². The van der Waals surface area contributed by atoms with E-state index in [-0.39, 0.29) is 11.2 Å². The zero-order chi connectivity index (χ0) is 16.5. The second kappa shape index (κ2) is 6.66.